The minimum absolute atomic E-state index is 0.0527. The molecule has 2 N–H and O–H groups in total. The number of aromatic amines is 1. The number of amides is 1. The average molecular weight is 317 g/mol. The van der Waals surface area contributed by atoms with Crippen molar-refractivity contribution in [2.24, 2.45) is 0 Å². The van der Waals surface area contributed by atoms with E-state index in [9.17, 15) is 4.79 Å². The van der Waals surface area contributed by atoms with Crippen molar-refractivity contribution in [2.45, 2.75) is 0 Å². The van der Waals surface area contributed by atoms with Gasteiger partial charge in [0.05, 0.1) is 17.4 Å². The Morgan fingerprint density at radius 3 is 2.75 bits per heavy atom. The van der Waals surface area contributed by atoms with Crippen molar-refractivity contribution in [2.75, 3.05) is 11.9 Å². The molecule has 0 fully saturated rings. The number of nitrogens with one attached hydrogen (secondary N) is 2. The van der Waals surface area contributed by atoms with Gasteiger partial charge in [0, 0.05) is 5.39 Å². The summed E-state index contributed by atoms with van der Waals surface area (Å²) in [5.74, 6) is 0.453. The molecule has 5 nitrogen and oxygen atoms in total. The second-order valence-electron chi connectivity index (χ2n) is 5.49. The van der Waals surface area contributed by atoms with E-state index in [0.717, 1.165) is 21.7 Å². The Labute approximate surface area is 138 Å². The SMILES string of the molecule is O=C(COc1ccc2ccccc2c1)Nc1cccc2cn[nH]c12. The van der Waals surface area contributed by atoms with Gasteiger partial charge in [-0.3, -0.25) is 9.89 Å². The molecule has 0 saturated heterocycles. The third-order valence-corrected chi connectivity index (χ3v) is 3.84. The predicted molar refractivity (Wildman–Crippen MR) is 94.2 cm³/mol. The molecule has 3 aromatic carbocycles. The Balaban J connectivity index is 1.45. The number of hydrogen-bond donors (Lipinski definition) is 2. The second-order valence-corrected chi connectivity index (χ2v) is 5.49. The van der Waals surface area contributed by atoms with E-state index in [1.165, 1.54) is 0 Å². The molecule has 5 heteroatoms. The number of para-hydroxylation sites is 1. The molecule has 0 aliphatic heterocycles. The number of aromatic nitrogens is 2. The lowest BCUT2D eigenvalue weighted by atomic mass is 10.1. The van der Waals surface area contributed by atoms with Crippen molar-refractivity contribution in [1.29, 1.82) is 0 Å². The van der Waals surface area contributed by atoms with E-state index in [2.05, 4.69) is 15.5 Å². The van der Waals surface area contributed by atoms with Crippen molar-refractivity contribution >= 4 is 33.3 Å². The molecule has 0 aliphatic rings. The normalized spacial score (nSPS) is 10.8. The third-order valence-electron chi connectivity index (χ3n) is 3.84. The highest BCUT2D eigenvalue weighted by molar-refractivity contribution is 6.00. The Hall–Kier alpha value is -3.34. The van der Waals surface area contributed by atoms with E-state index in [4.69, 9.17) is 4.74 Å². The number of anilines is 1. The maximum Gasteiger partial charge on any atom is 0.262 e. The summed E-state index contributed by atoms with van der Waals surface area (Å²) in [5, 5.41) is 12.9. The van der Waals surface area contributed by atoms with Crippen LogP contribution >= 0.6 is 0 Å². The Morgan fingerprint density at radius 2 is 1.83 bits per heavy atom. The van der Waals surface area contributed by atoms with Gasteiger partial charge in [-0.1, -0.05) is 42.5 Å². The first-order valence-corrected chi connectivity index (χ1v) is 7.63. The van der Waals surface area contributed by atoms with E-state index in [0.29, 0.717) is 11.4 Å². The lowest BCUT2D eigenvalue weighted by Gasteiger charge is -2.09. The lowest BCUT2D eigenvalue weighted by Crippen LogP contribution is -2.20. The van der Waals surface area contributed by atoms with E-state index >= 15 is 0 Å². The topological polar surface area (TPSA) is 67.0 Å². The fourth-order valence-corrected chi connectivity index (χ4v) is 2.67. The molecule has 0 aliphatic carbocycles. The summed E-state index contributed by atoms with van der Waals surface area (Å²) in [6.07, 6.45) is 1.72. The van der Waals surface area contributed by atoms with Gasteiger partial charge >= 0.3 is 0 Å². The number of fused-ring (bicyclic) bond motifs is 2. The molecule has 4 rings (SSSR count). The van der Waals surface area contributed by atoms with Gasteiger partial charge in [-0.25, -0.2) is 0 Å². The lowest BCUT2D eigenvalue weighted by molar-refractivity contribution is -0.118. The van der Waals surface area contributed by atoms with Crippen LogP contribution in [0, 0.1) is 0 Å². The Kier molecular flexibility index (Phi) is 3.59. The number of H-pyrrole nitrogens is 1. The van der Waals surface area contributed by atoms with Gasteiger partial charge in [-0.05, 0) is 29.0 Å². The van der Waals surface area contributed by atoms with Crippen LogP contribution in [0.2, 0.25) is 0 Å². The molecule has 0 spiro atoms. The molecule has 0 unspecified atom stereocenters. The number of hydrogen-bond acceptors (Lipinski definition) is 3. The first-order chi connectivity index (χ1) is 11.8. The number of carbonyl (C=O) groups excluding carboxylic acids is 1. The molecule has 24 heavy (non-hydrogen) atoms. The van der Waals surface area contributed by atoms with Crippen LogP contribution in [0.25, 0.3) is 21.7 Å². The van der Waals surface area contributed by atoms with E-state index in [1.807, 2.05) is 60.7 Å². The van der Waals surface area contributed by atoms with Crippen LogP contribution in [0.4, 0.5) is 5.69 Å². The smallest absolute Gasteiger partial charge is 0.262 e. The van der Waals surface area contributed by atoms with Gasteiger partial charge in [0.25, 0.3) is 5.91 Å². The number of rotatable bonds is 4. The van der Waals surface area contributed by atoms with Crippen LogP contribution in [-0.2, 0) is 4.79 Å². The molecule has 0 saturated carbocycles. The summed E-state index contributed by atoms with van der Waals surface area (Å²) < 4.78 is 5.60. The first kappa shape index (κ1) is 14.3. The highest BCUT2D eigenvalue weighted by Gasteiger charge is 2.08. The molecule has 0 bridgehead atoms. The third kappa shape index (κ3) is 2.79. The zero-order valence-electron chi connectivity index (χ0n) is 12.8. The van der Waals surface area contributed by atoms with Crippen LogP contribution in [0.15, 0.2) is 66.9 Å². The fourth-order valence-electron chi connectivity index (χ4n) is 2.67. The van der Waals surface area contributed by atoms with Crippen molar-refractivity contribution in [3.63, 3.8) is 0 Å². The van der Waals surface area contributed by atoms with Crippen LogP contribution in [-0.4, -0.2) is 22.7 Å². The van der Waals surface area contributed by atoms with E-state index in [1.54, 1.807) is 6.20 Å². The molecule has 1 heterocycles. The Morgan fingerprint density at radius 1 is 1.00 bits per heavy atom. The average Bonchev–Trinajstić information content (AvgIpc) is 3.10. The summed E-state index contributed by atoms with van der Waals surface area (Å²) >= 11 is 0. The maximum atomic E-state index is 12.1. The molecule has 1 aromatic heterocycles. The standard InChI is InChI=1S/C19H15N3O2/c23-18(21-17-7-3-6-15-11-20-22-19(15)17)12-24-16-9-8-13-4-1-2-5-14(13)10-16/h1-11H,12H2,(H,20,22)(H,21,23). The maximum absolute atomic E-state index is 12.1. The largest absolute Gasteiger partial charge is 0.484 e. The van der Waals surface area contributed by atoms with Crippen molar-refractivity contribution < 1.29 is 9.53 Å². The first-order valence-electron chi connectivity index (χ1n) is 7.63. The van der Waals surface area contributed by atoms with Gasteiger partial charge in [0.2, 0.25) is 0 Å². The van der Waals surface area contributed by atoms with E-state index < -0.39 is 0 Å². The molecular formula is C19H15N3O2. The highest BCUT2D eigenvalue weighted by atomic mass is 16.5. The highest BCUT2D eigenvalue weighted by Crippen LogP contribution is 2.22. The fraction of sp³-hybridized carbons (Fsp3) is 0.0526. The van der Waals surface area contributed by atoms with Crippen molar-refractivity contribution in [3.8, 4) is 5.75 Å². The van der Waals surface area contributed by atoms with Gasteiger partial charge in [-0.15, -0.1) is 0 Å². The molecule has 0 radical (unpaired) electrons. The number of benzene rings is 3. The molecule has 1 amide bonds. The van der Waals surface area contributed by atoms with Crippen LogP contribution < -0.4 is 10.1 Å². The van der Waals surface area contributed by atoms with E-state index in [-0.39, 0.29) is 12.5 Å². The molecule has 0 atom stereocenters. The summed E-state index contributed by atoms with van der Waals surface area (Å²) in [7, 11) is 0. The van der Waals surface area contributed by atoms with Crippen LogP contribution in [0.1, 0.15) is 0 Å². The zero-order valence-corrected chi connectivity index (χ0v) is 12.8. The number of ether oxygens (including phenoxy) is 1. The second kappa shape index (κ2) is 6.04. The monoisotopic (exact) mass is 317 g/mol. The molecule has 118 valence electrons. The summed E-state index contributed by atoms with van der Waals surface area (Å²) in [4.78, 5) is 12.1. The minimum Gasteiger partial charge on any atom is -0.484 e. The van der Waals surface area contributed by atoms with Gasteiger partial charge in [0.15, 0.2) is 6.61 Å². The quantitative estimate of drug-likeness (QED) is 0.602. The summed E-state index contributed by atoms with van der Waals surface area (Å²) in [5.41, 5.74) is 1.49. The van der Waals surface area contributed by atoms with Crippen molar-refractivity contribution in [1.82, 2.24) is 10.2 Å². The van der Waals surface area contributed by atoms with Gasteiger partial charge < -0.3 is 10.1 Å². The molecule has 4 aromatic rings. The van der Waals surface area contributed by atoms with Crippen molar-refractivity contribution in [3.05, 3.63) is 66.9 Å². The Bertz CT molecular complexity index is 1020. The summed E-state index contributed by atoms with van der Waals surface area (Å²) in [6, 6.07) is 19.4. The number of nitrogens with zero attached hydrogens (tertiary/aromatic N) is 1. The van der Waals surface area contributed by atoms with Crippen LogP contribution in [0.3, 0.4) is 0 Å². The number of carbonyl (C=O) groups is 1. The van der Waals surface area contributed by atoms with Gasteiger partial charge in [-0.2, -0.15) is 5.10 Å². The minimum atomic E-state index is -0.217. The molecular weight excluding hydrogens is 302 g/mol. The summed E-state index contributed by atoms with van der Waals surface area (Å²) in [6.45, 7) is -0.0527. The zero-order chi connectivity index (χ0) is 16.4. The van der Waals surface area contributed by atoms with Gasteiger partial charge in [0.1, 0.15) is 5.75 Å². The predicted octanol–water partition coefficient (Wildman–Crippen LogP) is 3.73. The van der Waals surface area contributed by atoms with Crippen LogP contribution in [0.5, 0.6) is 5.75 Å².